The maximum atomic E-state index is 12.6. The first-order chi connectivity index (χ1) is 11.5. The van der Waals surface area contributed by atoms with Crippen LogP contribution in [0.3, 0.4) is 0 Å². The van der Waals surface area contributed by atoms with E-state index >= 15 is 0 Å². The molecule has 7 nitrogen and oxygen atoms in total. The number of allylic oxidation sites excluding steroid dienone is 2. The number of hydrogen-bond acceptors (Lipinski definition) is 6. The topological polar surface area (TPSA) is 92.3 Å². The van der Waals surface area contributed by atoms with Crippen LogP contribution in [0, 0.1) is 30.6 Å². The first-order valence-corrected chi connectivity index (χ1v) is 9.00. The number of nitrogens with zero attached hydrogens (tertiary/aromatic N) is 3. The number of hydrogen-bond donors (Lipinski definition) is 1. The molecular weight excluding hydrogens is 328 g/mol. The molecule has 8 heteroatoms. The smallest absolute Gasteiger partial charge is 0.233 e. The largest absolute Gasteiger partial charge is 0.300 e. The number of likely N-dealkylation sites (tertiary alicyclic amines) is 1. The SMILES string of the molecule is Cc1nnc(NC(=O)CCN2C(=O)[C@@H]3[C@@H](C2=O)[C@H]2C=C[C@H]3CC2)s1. The molecule has 1 aromatic rings. The Balaban J connectivity index is 1.39. The summed E-state index contributed by atoms with van der Waals surface area (Å²) in [6.07, 6.45) is 6.22. The number of carbonyl (C=O) groups excluding carboxylic acids is 3. The quantitative estimate of drug-likeness (QED) is 0.657. The van der Waals surface area contributed by atoms with Gasteiger partial charge < -0.3 is 5.32 Å². The van der Waals surface area contributed by atoms with Crippen LogP contribution in [0.5, 0.6) is 0 Å². The molecule has 24 heavy (non-hydrogen) atoms. The predicted octanol–water partition coefficient (Wildman–Crippen LogP) is 1.37. The van der Waals surface area contributed by atoms with E-state index in [1.54, 1.807) is 6.92 Å². The zero-order valence-corrected chi connectivity index (χ0v) is 14.1. The first kappa shape index (κ1) is 15.4. The average molecular weight is 346 g/mol. The van der Waals surface area contributed by atoms with Crippen LogP contribution in [0.2, 0.25) is 0 Å². The van der Waals surface area contributed by atoms with Gasteiger partial charge in [0.2, 0.25) is 22.9 Å². The van der Waals surface area contributed by atoms with Crippen LogP contribution >= 0.6 is 11.3 Å². The Morgan fingerprint density at radius 1 is 1.21 bits per heavy atom. The molecule has 0 radical (unpaired) electrons. The molecule has 3 amide bonds. The highest BCUT2D eigenvalue weighted by molar-refractivity contribution is 7.15. The van der Waals surface area contributed by atoms with Gasteiger partial charge in [-0.15, -0.1) is 10.2 Å². The van der Waals surface area contributed by atoms with Crippen molar-refractivity contribution in [3.05, 3.63) is 17.2 Å². The van der Waals surface area contributed by atoms with Gasteiger partial charge in [-0.2, -0.15) is 0 Å². The average Bonchev–Trinajstić information content (AvgIpc) is 3.10. The second kappa shape index (κ2) is 5.77. The molecule has 0 aromatic carbocycles. The molecule has 1 N–H and O–H groups in total. The lowest BCUT2D eigenvalue weighted by Gasteiger charge is -2.38. The third kappa shape index (κ3) is 2.45. The molecule has 126 valence electrons. The summed E-state index contributed by atoms with van der Waals surface area (Å²) in [5.41, 5.74) is 0. The molecule has 2 heterocycles. The second-order valence-corrected chi connectivity index (χ2v) is 7.78. The minimum Gasteiger partial charge on any atom is -0.300 e. The third-order valence-electron chi connectivity index (χ3n) is 5.19. The number of aromatic nitrogens is 2. The number of rotatable bonds is 4. The molecule has 1 saturated heterocycles. The van der Waals surface area contributed by atoms with Gasteiger partial charge in [0.05, 0.1) is 11.8 Å². The van der Waals surface area contributed by atoms with Gasteiger partial charge in [0.25, 0.3) is 0 Å². The van der Waals surface area contributed by atoms with Gasteiger partial charge >= 0.3 is 0 Å². The highest BCUT2D eigenvalue weighted by atomic mass is 32.1. The van der Waals surface area contributed by atoms with Gasteiger partial charge in [-0.1, -0.05) is 23.5 Å². The minimum absolute atomic E-state index is 0.0817. The Hall–Kier alpha value is -2.09. The summed E-state index contributed by atoms with van der Waals surface area (Å²) in [6, 6.07) is 0. The maximum Gasteiger partial charge on any atom is 0.233 e. The van der Waals surface area contributed by atoms with E-state index in [-0.39, 0.29) is 54.4 Å². The van der Waals surface area contributed by atoms with E-state index in [2.05, 4.69) is 27.7 Å². The summed E-state index contributed by atoms with van der Waals surface area (Å²) in [5.74, 6) is -0.542. The van der Waals surface area contributed by atoms with E-state index in [1.165, 1.54) is 16.2 Å². The van der Waals surface area contributed by atoms with Crippen molar-refractivity contribution >= 4 is 34.2 Å². The number of anilines is 1. The van der Waals surface area contributed by atoms with E-state index in [0.717, 1.165) is 17.8 Å². The van der Waals surface area contributed by atoms with Crippen LogP contribution < -0.4 is 5.32 Å². The summed E-state index contributed by atoms with van der Waals surface area (Å²) in [6.45, 7) is 1.94. The summed E-state index contributed by atoms with van der Waals surface area (Å²) in [4.78, 5) is 38.6. The van der Waals surface area contributed by atoms with E-state index in [9.17, 15) is 14.4 Å². The standard InChI is InChI=1S/C16H18N4O3S/c1-8-18-19-16(24-8)17-11(21)6-7-20-14(22)12-9-2-3-10(5-4-9)13(12)15(20)23/h2-3,9-10,12-13H,4-7H2,1H3,(H,17,19,21)/t9-,10-,12-,13-/m0/s1. The van der Waals surface area contributed by atoms with Crippen LogP contribution in [0.4, 0.5) is 5.13 Å². The third-order valence-corrected chi connectivity index (χ3v) is 5.94. The fourth-order valence-electron chi connectivity index (χ4n) is 4.10. The summed E-state index contributed by atoms with van der Waals surface area (Å²) >= 11 is 1.29. The minimum atomic E-state index is -0.261. The number of carbonyl (C=O) groups is 3. The van der Waals surface area contributed by atoms with Crippen molar-refractivity contribution in [1.82, 2.24) is 15.1 Å². The monoisotopic (exact) mass is 346 g/mol. The number of aryl methyl sites for hydroxylation is 1. The molecule has 0 spiro atoms. The molecule has 4 aliphatic rings. The van der Waals surface area contributed by atoms with Crippen LogP contribution in [0.15, 0.2) is 12.2 Å². The molecule has 0 unspecified atom stereocenters. The maximum absolute atomic E-state index is 12.6. The number of imide groups is 1. The van der Waals surface area contributed by atoms with Crippen molar-refractivity contribution in [2.45, 2.75) is 26.2 Å². The normalized spacial score (nSPS) is 30.8. The lowest BCUT2D eigenvalue weighted by molar-refractivity contribution is -0.140. The predicted molar refractivity (Wildman–Crippen MR) is 86.9 cm³/mol. The lowest BCUT2D eigenvalue weighted by atomic mass is 9.63. The molecule has 2 fully saturated rings. The second-order valence-electron chi connectivity index (χ2n) is 6.59. The molecule has 2 bridgehead atoms. The van der Waals surface area contributed by atoms with Crippen molar-refractivity contribution < 1.29 is 14.4 Å². The van der Waals surface area contributed by atoms with Crippen molar-refractivity contribution in [1.29, 1.82) is 0 Å². The highest BCUT2D eigenvalue weighted by Crippen LogP contribution is 2.49. The molecule has 3 aliphatic carbocycles. The van der Waals surface area contributed by atoms with E-state index in [4.69, 9.17) is 0 Å². The highest BCUT2D eigenvalue weighted by Gasteiger charge is 2.56. The van der Waals surface area contributed by atoms with Crippen molar-refractivity contribution in [3.8, 4) is 0 Å². The van der Waals surface area contributed by atoms with Crippen LogP contribution in [0.25, 0.3) is 0 Å². The van der Waals surface area contributed by atoms with Gasteiger partial charge in [-0.25, -0.2) is 0 Å². The van der Waals surface area contributed by atoms with Gasteiger partial charge in [0.1, 0.15) is 5.01 Å². The molecule has 4 atom stereocenters. The Morgan fingerprint density at radius 3 is 2.33 bits per heavy atom. The van der Waals surface area contributed by atoms with E-state index in [1.807, 2.05) is 0 Å². The fourth-order valence-corrected chi connectivity index (χ4v) is 4.71. The van der Waals surface area contributed by atoms with Crippen LogP contribution in [-0.4, -0.2) is 39.4 Å². The van der Waals surface area contributed by atoms with Gasteiger partial charge in [0, 0.05) is 13.0 Å². The summed E-state index contributed by atoms with van der Waals surface area (Å²) in [7, 11) is 0. The molecule has 1 saturated carbocycles. The van der Waals surface area contributed by atoms with Crippen LogP contribution in [0.1, 0.15) is 24.3 Å². The molecule has 1 aliphatic heterocycles. The Labute approximate surface area is 143 Å². The number of nitrogens with one attached hydrogen (secondary N) is 1. The Morgan fingerprint density at radius 2 is 1.83 bits per heavy atom. The lowest BCUT2D eigenvalue weighted by Crippen LogP contribution is -2.38. The number of amides is 3. The zero-order valence-electron chi connectivity index (χ0n) is 13.3. The first-order valence-electron chi connectivity index (χ1n) is 8.18. The Kier molecular flexibility index (Phi) is 3.71. The molecular formula is C16H18N4O3S. The summed E-state index contributed by atoms with van der Waals surface area (Å²) in [5, 5.41) is 11.5. The summed E-state index contributed by atoms with van der Waals surface area (Å²) < 4.78 is 0. The van der Waals surface area contributed by atoms with Crippen LogP contribution in [-0.2, 0) is 14.4 Å². The van der Waals surface area contributed by atoms with Gasteiger partial charge in [-0.3, -0.25) is 19.3 Å². The van der Waals surface area contributed by atoms with E-state index < -0.39 is 0 Å². The Bertz CT molecular complexity index is 711. The van der Waals surface area contributed by atoms with Gasteiger partial charge in [0.15, 0.2) is 0 Å². The van der Waals surface area contributed by atoms with E-state index in [0.29, 0.717) is 5.13 Å². The van der Waals surface area contributed by atoms with Crippen molar-refractivity contribution in [2.24, 2.45) is 23.7 Å². The van der Waals surface area contributed by atoms with Gasteiger partial charge in [-0.05, 0) is 31.6 Å². The number of fused-ring (bicyclic) bond motifs is 1. The molecule has 5 rings (SSSR count). The van der Waals surface area contributed by atoms with Crippen molar-refractivity contribution in [3.63, 3.8) is 0 Å². The molecule has 1 aromatic heterocycles. The fraction of sp³-hybridized carbons (Fsp3) is 0.562. The zero-order chi connectivity index (χ0) is 16.8. The van der Waals surface area contributed by atoms with Crippen molar-refractivity contribution in [2.75, 3.05) is 11.9 Å².